The van der Waals surface area contributed by atoms with Crippen LogP contribution >= 0.6 is 11.6 Å². The summed E-state index contributed by atoms with van der Waals surface area (Å²) < 4.78 is 46.0. The first-order valence-corrected chi connectivity index (χ1v) is 9.52. The van der Waals surface area contributed by atoms with Crippen LogP contribution in [0.1, 0.15) is 28.7 Å². The van der Waals surface area contributed by atoms with Crippen molar-refractivity contribution >= 4 is 17.5 Å². The van der Waals surface area contributed by atoms with Crippen LogP contribution in [0.5, 0.6) is 5.75 Å². The minimum absolute atomic E-state index is 0.0906. The molecule has 0 spiro atoms. The predicted octanol–water partition coefficient (Wildman–Crippen LogP) is 4.24. The zero-order valence-corrected chi connectivity index (χ0v) is 16.5. The van der Waals surface area contributed by atoms with Gasteiger partial charge < -0.3 is 19.3 Å². The highest BCUT2D eigenvalue weighted by Gasteiger charge is 2.39. The topological polar surface area (TPSA) is 88.7 Å². The molecule has 2 aromatic carbocycles. The van der Waals surface area contributed by atoms with Crippen molar-refractivity contribution in [1.82, 2.24) is 15.0 Å². The number of likely N-dealkylation sites (tertiary alicyclic amines) is 1. The summed E-state index contributed by atoms with van der Waals surface area (Å²) in [6.45, 7) is 0.0906. The molecule has 0 bridgehead atoms. The van der Waals surface area contributed by atoms with E-state index in [4.69, 9.17) is 16.1 Å². The molecule has 2 atom stereocenters. The van der Waals surface area contributed by atoms with Gasteiger partial charge in [-0.25, -0.2) is 0 Å². The van der Waals surface area contributed by atoms with E-state index in [2.05, 4.69) is 14.9 Å². The van der Waals surface area contributed by atoms with E-state index in [0.29, 0.717) is 16.1 Å². The van der Waals surface area contributed by atoms with Crippen molar-refractivity contribution in [3.8, 4) is 17.1 Å². The summed E-state index contributed by atoms with van der Waals surface area (Å²) in [5.41, 5.74) is 0.794. The van der Waals surface area contributed by atoms with E-state index in [1.807, 2.05) is 0 Å². The number of benzene rings is 2. The van der Waals surface area contributed by atoms with Crippen LogP contribution in [0.2, 0.25) is 5.02 Å². The van der Waals surface area contributed by atoms with E-state index in [0.717, 1.165) is 12.1 Å². The van der Waals surface area contributed by atoms with Crippen LogP contribution in [0.3, 0.4) is 0 Å². The second kappa shape index (κ2) is 8.20. The van der Waals surface area contributed by atoms with Gasteiger partial charge in [0.15, 0.2) is 0 Å². The van der Waals surface area contributed by atoms with Gasteiger partial charge in [-0.3, -0.25) is 4.79 Å². The van der Waals surface area contributed by atoms with Gasteiger partial charge in [-0.05, 0) is 48.5 Å². The lowest BCUT2D eigenvalue weighted by molar-refractivity contribution is -0.274. The molecule has 3 aromatic rings. The van der Waals surface area contributed by atoms with Gasteiger partial charge in [0.05, 0.1) is 6.10 Å². The van der Waals surface area contributed by atoms with E-state index in [1.165, 1.54) is 17.0 Å². The average molecular weight is 454 g/mol. The number of aromatic nitrogens is 2. The van der Waals surface area contributed by atoms with Crippen LogP contribution in [0.4, 0.5) is 13.2 Å². The Morgan fingerprint density at radius 3 is 2.48 bits per heavy atom. The highest BCUT2D eigenvalue weighted by molar-refractivity contribution is 6.30. The standard InChI is InChI=1S/C20H15ClF3N3O4/c21-13-5-1-12(2-6-13)19(29)27-10-14(28)9-16(27)18-25-17(26-31-18)11-3-7-15(8-4-11)30-20(22,23)24/h1-8,14,16,28H,9-10H2/t14-,16-/m0/s1. The number of amides is 1. The summed E-state index contributed by atoms with van der Waals surface area (Å²) in [6.07, 6.45) is -5.35. The third kappa shape index (κ3) is 4.80. The molecule has 1 saturated heterocycles. The Hall–Kier alpha value is -3.11. The number of aliphatic hydroxyl groups is 1. The molecule has 1 aliphatic heterocycles. The molecule has 1 fully saturated rings. The Morgan fingerprint density at radius 2 is 1.84 bits per heavy atom. The van der Waals surface area contributed by atoms with E-state index < -0.39 is 18.5 Å². The molecule has 0 unspecified atom stereocenters. The summed E-state index contributed by atoms with van der Waals surface area (Å²) in [6, 6.07) is 10.7. The lowest BCUT2D eigenvalue weighted by atomic mass is 10.1. The van der Waals surface area contributed by atoms with Crippen molar-refractivity contribution in [1.29, 1.82) is 0 Å². The number of hydrogen-bond donors (Lipinski definition) is 1. The number of aliphatic hydroxyl groups excluding tert-OH is 1. The molecular weight excluding hydrogens is 439 g/mol. The van der Waals surface area contributed by atoms with E-state index in [-0.39, 0.29) is 36.3 Å². The van der Waals surface area contributed by atoms with Gasteiger partial charge >= 0.3 is 6.36 Å². The summed E-state index contributed by atoms with van der Waals surface area (Å²) in [5, 5.41) is 14.4. The van der Waals surface area contributed by atoms with Gasteiger partial charge in [-0.1, -0.05) is 16.8 Å². The molecule has 4 rings (SSSR count). The fraction of sp³-hybridized carbons (Fsp3) is 0.250. The number of β-amino-alcohol motifs (C(OH)–C–C–N with tert-alkyl or cyclic N) is 1. The summed E-state index contributed by atoms with van der Waals surface area (Å²) >= 11 is 5.86. The van der Waals surface area contributed by atoms with E-state index in [1.54, 1.807) is 24.3 Å². The zero-order chi connectivity index (χ0) is 22.2. The number of rotatable bonds is 4. The minimum Gasteiger partial charge on any atom is -0.406 e. The van der Waals surface area contributed by atoms with Gasteiger partial charge in [-0.2, -0.15) is 4.98 Å². The van der Waals surface area contributed by atoms with Crippen LogP contribution in [0.15, 0.2) is 53.1 Å². The Balaban J connectivity index is 1.54. The maximum absolute atomic E-state index is 12.9. The first-order chi connectivity index (χ1) is 14.7. The monoisotopic (exact) mass is 453 g/mol. The highest BCUT2D eigenvalue weighted by atomic mass is 35.5. The highest BCUT2D eigenvalue weighted by Crippen LogP contribution is 2.34. The molecule has 31 heavy (non-hydrogen) atoms. The van der Waals surface area contributed by atoms with Gasteiger partial charge in [-0.15, -0.1) is 13.2 Å². The SMILES string of the molecule is O=C(c1ccc(Cl)cc1)N1C[C@@H](O)C[C@H]1c1nc(-c2ccc(OC(F)(F)F)cc2)no1. The number of halogens is 4. The first-order valence-electron chi connectivity index (χ1n) is 9.14. The van der Waals surface area contributed by atoms with Gasteiger partial charge in [0.25, 0.3) is 5.91 Å². The number of nitrogens with zero attached hydrogens (tertiary/aromatic N) is 3. The van der Waals surface area contributed by atoms with Gasteiger partial charge in [0.1, 0.15) is 11.8 Å². The minimum atomic E-state index is -4.79. The smallest absolute Gasteiger partial charge is 0.406 e. The third-order valence-corrected chi connectivity index (χ3v) is 4.96. The summed E-state index contributed by atoms with van der Waals surface area (Å²) in [7, 11) is 0. The molecule has 0 aliphatic carbocycles. The second-order valence-electron chi connectivity index (χ2n) is 6.90. The molecule has 1 amide bonds. The first kappa shape index (κ1) is 21.1. The Labute approximate surface area is 179 Å². The quantitative estimate of drug-likeness (QED) is 0.635. The molecule has 2 heterocycles. The number of alkyl halides is 3. The molecule has 0 radical (unpaired) electrons. The predicted molar refractivity (Wildman–Crippen MR) is 102 cm³/mol. The van der Waals surface area contributed by atoms with Crippen LogP contribution in [-0.4, -0.2) is 45.1 Å². The molecular formula is C20H15ClF3N3O4. The molecule has 7 nitrogen and oxygen atoms in total. The van der Waals surface area contributed by atoms with Crippen molar-refractivity contribution in [3.63, 3.8) is 0 Å². The maximum Gasteiger partial charge on any atom is 0.573 e. The van der Waals surface area contributed by atoms with Gasteiger partial charge in [0, 0.05) is 29.1 Å². The zero-order valence-electron chi connectivity index (χ0n) is 15.7. The van der Waals surface area contributed by atoms with Crippen molar-refractivity contribution in [2.24, 2.45) is 0 Å². The molecule has 11 heteroatoms. The van der Waals surface area contributed by atoms with Crippen LogP contribution in [-0.2, 0) is 0 Å². The van der Waals surface area contributed by atoms with Crippen molar-refractivity contribution in [2.45, 2.75) is 24.9 Å². The van der Waals surface area contributed by atoms with Gasteiger partial charge in [0.2, 0.25) is 11.7 Å². The molecule has 162 valence electrons. The van der Waals surface area contributed by atoms with Crippen molar-refractivity contribution in [2.75, 3.05) is 6.54 Å². The number of hydrogen-bond acceptors (Lipinski definition) is 6. The lowest BCUT2D eigenvalue weighted by Crippen LogP contribution is -2.31. The fourth-order valence-electron chi connectivity index (χ4n) is 3.32. The van der Waals surface area contributed by atoms with E-state index in [9.17, 15) is 23.1 Å². The summed E-state index contributed by atoms with van der Waals surface area (Å²) in [5.74, 6) is -0.455. The average Bonchev–Trinajstić information content (AvgIpc) is 3.34. The largest absolute Gasteiger partial charge is 0.573 e. The number of carbonyl (C=O) groups excluding carboxylic acids is 1. The van der Waals surface area contributed by atoms with Crippen molar-refractivity contribution in [3.05, 3.63) is 65.0 Å². The van der Waals surface area contributed by atoms with Crippen LogP contribution < -0.4 is 4.74 Å². The second-order valence-corrected chi connectivity index (χ2v) is 7.33. The van der Waals surface area contributed by atoms with Crippen LogP contribution in [0.25, 0.3) is 11.4 Å². The normalized spacial score (nSPS) is 18.9. The lowest BCUT2D eigenvalue weighted by Gasteiger charge is -2.21. The molecule has 0 saturated carbocycles. The third-order valence-electron chi connectivity index (χ3n) is 4.70. The molecule has 1 N–H and O–H groups in total. The van der Waals surface area contributed by atoms with E-state index >= 15 is 0 Å². The number of carbonyl (C=O) groups is 1. The Bertz CT molecular complexity index is 1070. The molecule has 1 aromatic heterocycles. The molecule has 1 aliphatic rings. The van der Waals surface area contributed by atoms with Crippen LogP contribution in [0, 0.1) is 0 Å². The van der Waals surface area contributed by atoms with Crippen molar-refractivity contribution < 1.29 is 32.3 Å². The summed E-state index contributed by atoms with van der Waals surface area (Å²) in [4.78, 5) is 18.6. The Morgan fingerprint density at radius 1 is 1.16 bits per heavy atom. The fourth-order valence-corrected chi connectivity index (χ4v) is 3.45. The number of ether oxygens (including phenoxy) is 1. The maximum atomic E-state index is 12.9. The Kier molecular flexibility index (Phi) is 5.59.